The van der Waals surface area contributed by atoms with Gasteiger partial charge in [-0.3, -0.25) is 0 Å². The minimum absolute atomic E-state index is 0. The average Bonchev–Trinajstić information content (AvgIpc) is 3.00. The Kier molecular flexibility index (Phi) is 46.8. The van der Waals surface area contributed by atoms with Crippen molar-refractivity contribution in [2.45, 2.75) is 25.7 Å². The maximum Gasteiger partial charge on any atom is 4.00 e. The molecule has 0 bridgehead atoms. The van der Waals surface area contributed by atoms with E-state index in [1.165, 1.54) is 12.8 Å². The molecule has 0 saturated carbocycles. The molecule has 6 heteroatoms. The zero-order valence-electron chi connectivity index (χ0n) is 12.0. The predicted octanol–water partition coefficient (Wildman–Crippen LogP) is 0.158. The molecule has 4 nitrogen and oxygen atoms in total. The molecule has 0 aliphatic carbocycles. The van der Waals surface area contributed by atoms with Gasteiger partial charge >= 0.3 is 26.2 Å². The van der Waals surface area contributed by atoms with E-state index in [0.29, 0.717) is 0 Å². The Balaban J connectivity index is -0.0000000725. The van der Waals surface area contributed by atoms with Gasteiger partial charge in [0, 0.05) is 13.2 Å². The molecule has 0 spiro atoms. The van der Waals surface area contributed by atoms with E-state index in [0.717, 1.165) is 26.1 Å². The second-order valence-electron chi connectivity index (χ2n) is 3.25. The molecule has 2 fully saturated rings. The summed E-state index contributed by atoms with van der Waals surface area (Å²) >= 11 is 0. The van der Waals surface area contributed by atoms with Crippen LogP contribution in [0.25, 0.3) is 10.6 Å². The molecule has 0 aromatic rings. The SMILES string of the molecule is C[N-]C.C[N-]C.[CH-]1CCCO1.[CH-]1CCCO1.[Cl-].[Zr+4]. The monoisotopic (exact) mass is 355 g/mol. The van der Waals surface area contributed by atoms with Crippen LogP contribution in [-0.2, 0) is 35.7 Å². The van der Waals surface area contributed by atoms with Gasteiger partial charge in [0.1, 0.15) is 0 Å². The second kappa shape index (κ2) is 30.8. The summed E-state index contributed by atoms with van der Waals surface area (Å²) in [7, 11) is 7.00. The van der Waals surface area contributed by atoms with Gasteiger partial charge in [0.05, 0.1) is 0 Å². The quantitative estimate of drug-likeness (QED) is 0.580. The van der Waals surface area contributed by atoms with Crippen molar-refractivity contribution >= 4 is 0 Å². The van der Waals surface area contributed by atoms with Crippen LogP contribution in [0.1, 0.15) is 25.7 Å². The minimum atomic E-state index is 0. The molecule has 108 valence electrons. The Labute approximate surface area is 138 Å². The second-order valence-corrected chi connectivity index (χ2v) is 3.25. The summed E-state index contributed by atoms with van der Waals surface area (Å²) < 4.78 is 9.64. The normalized spacial score (nSPS) is 15.3. The van der Waals surface area contributed by atoms with E-state index >= 15 is 0 Å². The smallest absolute Gasteiger partial charge is 1.00 e. The molecule has 18 heavy (non-hydrogen) atoms. The number of hydrogen-bond donors (Lipinski definition) is 0. The largest absolute Gasteiger partial charge is 4.00 e. The fourth-order valence-electron chi connectivity index (χ4n) is 0.833. The molecule has 0 N–H and O–H groups in total. The van der Waals surface area contributed by atoms with E-state index in [9.17, 15) is 0 Å². The Hall–Kier alpha value is 1.01. The van der Waals surface area contributed by atoms with Crippen LogP contribution in [-0.4, -0.2) is 41.4 Å². The molecule has 0 atom stereocenters. The summed E-state index contributed by atoms with van der Waals surface area (Å²) in [4.78, 5) is 0. The summed E-state index contributed by atoms with van der Waals surface area (Å²) in [5, 5.41) is 7.00. The maximum absolute atomic E-state index is 4.82. The molecular weight excluding hydrogens is 331 g/mol. The standard InChI is InChI=1S/2C4H7O.2C2H6N.ClH.Zr/c2*1-2-4-5-3-1;2*1-3-2;;/h2*3H,1-2,4H2;2*1-2H3;1H;/q4*-1;;+4/p-1. The fraction of sp³-hybridized carbons (Fsp3) is 0.833. The number of hydrogen-bond acceptors (Lipinski definition) is 2. The third-order valence-corrected chi connectivity index (χ3v) is 1.40. The summed E-state index contributed by atoms with van der Waals surface area (Å²) in [6.45, 7) is 5.61. The molecule has 2 aliphatic rings. The third-order valence-electron chi connectivity index (χ3n) is 1.40. The molecule has 0 amide bonds. The number of nitrogens with zero attached hydrogens (tertiary/aromatic N) is 2. The number of rotatable bonds is 0. The van der Waals surface area contributed by atoms with Gasteiger partial charge in [0.15, 0.2) is 0 Å². The van der Waals surface area contributed by atoms with Gasteiger partial charge in [-0.05, 0) is 0 Å². The Morgan fingerprint density at radius 3 is 1.11 bits per heavy atom. The first-order chi connectivity index (χ1) is 7.83. The van der Waals surface area contributed by atoms with Crippen molar-refractivity contribution < 1.29 is 48.1 Å². The van der Waals surface area contributed by atoms with E-state index in [2.05, 4.69) is 10.6 Å². The van der Waals surface area contributed by atoms with E-state index in [-0.39, 0.29) is 38.6 Å². The predicted molar refractivity (Wildman–Crippen MR) is 69.4 cm³/mol. The molecule has 0 unspecified atom stereocenters. The molecule has 0 radical (unpaired) electrons. The Morgan fingerprint density at radius 2 is 1.06 bits per heavy atom. The molecule has 0 aromatic heterocycles. The van der Waals surface area contributed by atoms with E-state index in [1.807, 2.05) is 13.2 Å². The Bertz CT molecular complexity index is 78.9. The molecule has 2 aliphatic heterocycles. The van der Waals surface area contributed by atoms with Crippen LogP contribution in [0, 0.1) is 13.2 Å². The van der Waals surface area contributed by atoms with Crippen LogP contribution >= 0.6 is 0 Å². The van der Waals surface area contributed by atoms with E-state index < -0.39 is 0 Å². The van der Waals surface area contributed by atoms with E-state index in [1.54, 1.807) is 28.2 Å². The maximum atomic E-state index is 4.82. The molecule has 2 heterocycles. The van der Waals surface area contributed by atoms with Crippen LogP contribution in [0.5, 0.6) is 0 Å². The number of ether oxygens (including phenoxy) is 2. The summed E-state index contributed by atoms with van der Waals surface area (Å²) in [5.41, 5.74) is 0. The molecular formula is C12H26ClN2O2Zr-. The summed E-state index contributed by atoms with van der Waals surface area (Å²) in [5.74, 6) is 0. The first kappa shape index (κ1) is 27.4. The van der Waals surface area contributed by atoms with Crippen LogP contribution in [0.4, 0.5) is 0 Å². The Morgan fingerprint density at radius 1 is 0.778 bits per heavy atom. The third kappa shape index (κ3) is 36.0. The minimum Gasteiger partial charge on any atom is -1.00 e. The van der Waals surface area contributed by atoms with Crippen LogP contribution in [0.15, 0.2) is 0 Å². The number of halogens is 1. The van der Waals surface area contributed by atoms with Crippen LogP contribution in [0.2, 0.25) is 0 Å². The summed E-state index contributed by atoms with van der Waals surface area (Å²) in [6, 6.07) is 0. The molecule has 0 aromatic carbocycles. The first-order valence-corrected chi connectivity index (χ1v) is 5.65. The van der Waals surface area contributed by atoms with Crippen molar-refractivity contribution in [3.05, 3.63) is 23.8 Å². The average molecular weight is 357 g/mol. The first-order valence-electron chi connectivity index (χ1n) is 5.65. The summed E-state index contributed by atoms with van der Waals surface area (Å²) in [6.07, 6.45) is 4.75. The van der Waals surface area contributed by atoms with Crippen molar-refractivity contribution in [3.8, 4) is 0 Å². The zero-order valence-corrected chi connectivity index (χ0v) is 15.2. The van der Waals surface area contributed by atoms with Gasteiger partial charge in [-0.1, -0.05) is 12.8 Å². The molecule has 2 rings (SSSR count). The van der Waals surface area contributed by atoms with Crippen molar-refractivity contribution in [3.63, 3.8) is 0 Å². The van der Waals surface area contributed by atoms with Gasteiger partial charge in [-0.2, -0.15) is 41.0 Å². The zero-order chi connectivity index (χ0) is 12.5. The fourth-order valence-corrected chi connectivity index (χ4v) is 0.833. The van der Waals surface area contributed by atoms with Gasteiger partial charge in [-0.15, -0.1) is 0 Å². The van der Waals surface area contributed by atoms with Crippen molar-refractivity contribution in [2.75, 3.05) is 41.4 Å². The van der Waals surface area contributed by atoms with Gasteiger partial charge < -0.3 is 32.5 Å². The molecule has 2 saturated heterocycles. The topological polar surface area (TPSA) is 46.7 Å². The van der Waals surface area contributed by atoms with E-state index in [4.69, 9.17) is 9.47 Å². The van der Waals surface area contributed by atoms with Crippen LogP contribution < -0.4 is 12.4 Å². The van der Waals surface area contributed by atoms with Crippen molar-refractivity contribution in [2.24, 2.45) is 0 Å². The van der Waals surface area contributed by atoms with Gasteiger partial charge in [0.25, 0.3) is 0 Å². The van der Waals surface area contributed by atoms with Crippen LogP contribution in [0.3, 0.4) is 0 Å². The van der Waals surface area contributed by atoms with Gasteiger partial charge in [-0.25, -0.2) is 13.2 Å². The van der Waals surface area contributed by atoms with Crippen molar-refractivity contribution in [1.82, 2.24) is 0 Å². The van der Waals surface area contributed by atoms with Gasteiger partial charge in [0.2, 0.25) is 0 Å². The van der Waals surface area contributed by atoms with Crippen molar-refractivity contribution in [1.29, 1.82) is 0 Å².